The third kappa shape index (κ3) is 6.30. The summed E-state index contributed by atoms with van der Waals surface area (Å²) < 4.78 is 31.4. The van der Waals surface area contributed by atoms with E-state index >= 15 is 0 Å². The number of nitrogens with zero attached hydrogens (tertiary/aromatic N) is 1. The SMILES string of the molecule is CC[C@@H](NC(=O)c1ccc(CN(c2cccc(Cl)c2)S(C)(=O)=O)cc1)c1ccc(OC)c(C)c1. The van der Waals surface area contributed by atoms with E-state index in [0.29, 0.717) is 16.3 Å². The quantitative estimate of drug-likeness (QED) is 0.420. The first-order chi connectivity index (χ1) is 16.1. The zero-order valence-corrected chi connectivity index (χ0v) is 21.3. The van der Waals surface area contributed by atoms with Crippen LogP contribution in [-0.2, 0) is 16.6 Å². The number of hydrogen-bond acceptors (Lipinski definition) is 4. The van der Waals surface area contributed by atoms with Crippen LogP contribution in [0.25, 0.3) is 0 Å². The first kappa shape index (κ1) is 25.6. The summed E-state index contributed by atoms with van der Waals surface area (Å²) >= 11 is 6.05. The minimum atomic E-state index is -3.53. The lowest BCUT2D eigenvalue weighted by Gasteiger charge is -2.23. The summed E-state index contributed by atoms with van der Waals surface area (Å²) in [4.78, 5) is 12.9. The molecule has 180 valence electrons. The van der Waals surface area contributed by atoms with Gasteiger partial charge in [0.05, 0.1) is 31.6 Å². The van der Waals surface area contributed by atoms with Gasteiger partial charge in [0.2, 0.25) is 10.0 Å². The maximum absolute atomic E-state index is 12.9. The van der Waals surface area contributed by atoms with Crippen LogP contribution in [0.2, 0.25) is 5.02 Å². The van der Waals surface area contributed by atoms with Crippen molar-refractivity contribution in [3.05, 3.63) is 94.0 Å². The molecule has 6 nitrogen and oxygen atoms in total. The number of carbonyl (C=O) groups is 1. The Labute approximate surface area is 206 Å². The fourth-order valence-electron chi connectivity index (χ4n) is 3.74. The van der Waals surface area contributed by atoms with Gasteiger partial charge < -0.3 is 10.1 Å². The van der Waals surface area contributed by atoms with Crippen LogP contribution in [0.4, 0.5) is 5.69 Å². The Bertz CT molecular complexity index is 1260. The summed E-state index contributed by atoms with van der Waals surface area (Å²) in [6, 6.07) is 19.4. The zero-order valence-electron chi connectivity index (χ0n) is 19.7. The number of hydrogen-bond donors (Lipinski definition) is 1. The Balaban J connectivity index is 1.75. The Kier molecular flexibility index (Phi) is 8.23. The lowest BCUT2D eigenvalue weighted by Crippen LogP contribution is -2.29. The minimum absolute atomic E-state index is 0.129. The number of halogens is 1. The molecule has 34 heavy (non-hydrogen) atoms. The molecule has 3 aromatic rings. The van der Waals surface area contributed by atoms with Crippen molar-refractivity contribution in [3.8, 4) is 5.75 Å². The van der Waals surface area contributed by atoms with Gasteiger partial charge in [-0.3, -0.25) is 9.10 Å². The number of ether oxygens (including phenoxy) is 1. The second-order valence-corrected chi connectivity index (χ2v) is 10.5. The minimum Gasteiger partial charge on any atom is -0.496 e. The van der Waals surface area contributed by atoms with Gasteiger partial charge in [0.25, 0.3) is 5.91 Å². The highest BCUT2D eigenvalue weighted by Gasteiger charge is 2.19. The molecule has 0 saturated heterocycles. The molecule has 0 aliphatic heterocycles. The van der Waals surface area contributed by atoms with Crippen molar-refractivity contribution in [1.82, 2.24) is 5.32 Å². The summed E-state index contributed by atoms with van der Waals surface area (Å²) in [6.45, 7) is 4.12. The number of methoxy groups -OCH3 is 1. The van der Waals surface area contributed by atoms with Gasteiger partial charge in [-0.15, -0.1) is 0 Å². The summed E-state index contributed by atoms with van der Waals surface area (Å²) in [6.07, 6.45) is 1.89. The van der Waals surface area contributed by atoms with Crippen molar-refractivity contribution in [2.75, 3.05) is 17.7 Å². The van der Waals surface area contributed by atoms with Gasteiger partial charge in [-0.05, 0) is 66.4 Å². The topological polar surface area (TPSA) is 75.7 Å². The molecule has 1 amide bonds. The average molecular weight is 501 g/mol. The number of rotatable bonds is 9. The summed E-state index contributed by atoms with van der Waals surface area (Å²) in [5.74, 6) is 0.614. The van der Waals surface area contributed by atoms with E-state index in [-0.39, 0.29) is 18.5 Å². The van der Waals surface area contributed by atoms with Crippen molar-refractivity contribution in [1.29, 1.82) is 0 Å². The molecular weight excluding hydrogens is 472 g/mol. The molecule has 1 N–H and O–H groups in total. The van der Waals surface area contributed by atoms with Crippen LogP contribution in [-0.4, -0.2) is 27.7 Å². The Morgan fingerprint density at radius 2 is 1.79 bits per heavy atom. The summed E-state index contributed by atoms with van der Waals surface area (Å²) in [5, 5.41) is 3.53. The van der Waals surface area contributed by atoms with Crippen molar-refractivity contribution < 1.29 is 17.9 Å². The molecular formula is C26H29ClN2O4S. The molecule has 0 aliphatic carbocycles. The molecule has 3 aromatic carbocycles. The lowest BCUT2D eigenvalue weighted by molar-refractivity contribution is 0.0935. The number of sulfonamides is 1. The Morgan fingerprint density at radius 3 is 2.35 bits per heavy atom. The van der Waals surface area contributed by atoms with Gasteiger partial charge in [0, 0.05) is 10.6 Å². The van der Waals surface area contributed by atoms with Gasteiger partial charge in [-0.2, -0.15) is 0 Å². The Morgan fingerprint density at radius 1 is 1.09 bits per heavy atom. The third-order valence-electron chi connectivity index (χ3n) is 5.57. The molecule has 0 spiro atoms. The summed E-state index contributed by atoms with van der Waals surface area (Å²) in [5.41, 5.74) is 3.75. The van der Waals surface area contributed by atoms with E-state index in [1.54, 1.807) is 55.6 Å². The fraction of sp³-hybridized carbons (Fsp3) is 0.269. The van der Waals surface area contributed by atoms with Crippen LogP contribution < -0.4 is 14.4 Å². The number of benzene rings is 3. The molecule has 0 saturated carbocycles. The largest absolute Gasteiger partial charge is 0.496 e. The second-order valence-electron chi connectivity index (χ2n) is 8.11. The van der Waals surface area contributed by atoms with Crippen LogP contribution in [0.15, 0.2) is 66.7 Å². The molecule has 3 rings (SSSR count). The number of amides is 1. The fourth-order valence-corrected chi connectivity index (χ4v) is 4.80. The van der Waals surface area contributed by atoms with Gasteiger partial charge in [0.1, 0.15) is 5.75 Å². The first-order valence-electron chi connectivity index (χ1n) is 10.9. The highest BCUT2D eigenvalue weighted by Crippen LogP contribution is 2.26. The van der Waals surface area contributed by atoms with E-state index in [9.17, 15) is 13.2 Å². The Hall–Kier alpha value is -3.03. The highest BCUT2D eigenvalue weighted by molar-refractivity contribution is 7.92. The summed E-state index contributed by atoms with van der Waals surface area (Å²) in [7, 11) is -1.90. The van der Waals surface area contributed by atoms with E-state index in [1.165, 1.54) is 4.31 Å². The highest BCUT2D eigenvalue weighted by atomic mass is 35.5. The molecule has 0 fully saturated rings. The lowest BCUT2D eigenvalue weighted by atomic mass is 10.0. The molecule has 1 atom stereocenters. The van der Waals surface area contributed by atoms with Gasteiger partial charge in [-0.1, -0.05) is 48.9 Å². The number of anilines is 1. The van der Waals surface area contributed by atoms with Gasteiger partial charge in [-0.25, -0.2) is 8.42 Å². The number of aryl methyl sites for hydroxylation is 1. The van der Waals surface area contributed by atoms with E-state index < -0.39 is 10.0 Å². The third-order valence-corrected chi connectivity index (χ3v) is 6.95. The average Bonchev–Trinajstić information content (AvgIpc) is 2.80. The monoisotopic (exact) mass is 500 g/mol. The molecule has 8 heteroatoms. The van der Waals surface area contributed by atoms with Crippen molar-refractivity contribution in [3.63, 3.8) is 0 Å². The van der Waals surface area contributed by atoms with Crippen LogP contribution >= 0.6 is 11.6 Å². The van der Waals surface area contributed by atoms with Crippen LogP contribution in [0.1, 0.15) is 46.4 Å². The maximum atomic E-state index is 12.9. The standard InChI is InChI=1S/C26H29ClN2O4S/c1-5-24(21-13-14-25(33-3)18(2)15-21)28-26(30)20-11-9-19(10-12-20)17-29(34(4,31)32)23-8-6-7-22(27)16-23/h6-16,24H,5,17H2,1-4H3,(H,28,30)/t24-/m1/s1. The molecule has 0 heterocycles. The number of carbonyl (C=O) groups excluding carboxylic acids is 1. The second kappa shape index (κ2) is 10.9. The van der Waals surface area contributed by atoms with E-state index in [1.807, 2.05) is 32.0 Å². The van der Waals surface area contributed by atoms with E-state index in [4.69, 9.17) is 16.3 Å². The van der Waals surface area contributed by atoms with Gasteiger partial charge in [0.15, 0.2) is 0 Å². The maximum Gasteiger partial charge on any atom is 0.251 e. The van der Waals surface area contributed by atoms with Gasteiger partial charge >= 0.3 is 0 Å². The van der Waals surface area contributed by atoms with Crippen molar-refractivity contribution >= 4 is 33.2 Å². The molecule has 0 unspecified atom stereocenters. The van der Waals surface area contributed by atoms with Crippen molar-refractivity contribution in [2.45, 2.75) is 32.9 Å². The molecule has 0 bridgehead atoms. The zero-order chi connectivity index (χ0) is 24.9. The van der Waals surface area contributed by atoms with E-state index in [2.05, 4.69) is 5.32 Å². The van der Waals surface area contributed by atoms with Crippen LogP contribution in [0.5, 0.6) is 5.75 Å². The molecule has 0 aliphatic rings. The molecule has 0 radical (unpaired) electrons. The normalized spacial score (nSPS) is 12.1. The van der Waals surface area contributed by atoms with E-state index in [0.717, 1.165) is 35.1 Å². The molecule has 0 aromatic heterocycles. The predicted octanol–water partition coefficient (Wildman–Crippen LogP) is 5.50. The van der Waals surface area contributed by atoms with Crippen molar-refractivity contribution in [2.24, 2.45) is 0 Å². The predicted molar refractivity (Wildman–Crippen MR) is 137 cm³/mol. The van der Waals surface area contributed by atoms with Crippen LogP contribution in [0, 0.1) is 6.92 Å². The first-order valence-corrected chi connectivity index (χ1v) is 13.1. The smallest absolute Gasteiger partial charge is 0.251 e. The van der Waals surface area contributed by atoms with Crippen LogP contribution in [0.3, 0.4) is 0 Å². The number of nitrogens with one attached hydrogen (secondary N) is 1.